The lowest BCUT2D eigenvalue weighted by atomic mass is 9.93. The first-order valence-corrected chi connectivity index (χ1v) is 12.5. The molecule has 1 aromatic rings. The van der Waals surface area contributed by atoms with Gasteiger partial charge in [-0.05, 0) is 63.6 Å². The van der Waals surface area contributed by atoms with Crippen LogP contribution in [0, 0.1) is 0 Å². The molecule has 0 heterocycles. The molecule has 176 valence electrons. The Morgan fingerprint density at radius 1 is 0.903 bits per heavy atom. The van der Waals surface area contributed by atoms with Crippen molar-refractivity contribution in [1.82, 2.24) is 0 Å². The Labute approximate surface area is 195 Å². The fourth-order valence-electron chi connectivity index (χ4n) is 3.49. The fourth-order valence-corrected chi connectivity index (χ4v) is 3.88. The van der Waals surface area contributed by atoms with Crippen molar-refractivity contribution >= 4 is 29.2 Å². The minimum absolute atomic E-state index is 0.210. The van der Waals surface area contributed by atoms with Gasteiger partial charge in [0.15, 0.2) is 5.78 Å². The Balaban J connectivity index is 2.27. The van der Waals surface area contributed by atoms with E-state index in [4.69, 9.17) is 21.7 Å². The van der Waals surface area contributed by atoms with E-state index in [1.165, 1.54) is 24.8 Å². The van der Waals surface area contributed by atoms with Crippen LogP contribution in [0.3, 0.4) is 0 Å². The highest BCUT2D eigenvalue weighted by atomic mass is 32.1. The van der Waals surface area contributed by atoms with Crippen LogP contribution < -0.4 is 4.90 Å². The van der Waals surface area contributed by atoms with Gasteiger partial charge in [-0.2, -0.15) is 0 Å². The Bertz CT molecular complexity index is 616. The van der Waals surface area contributed by atoms with Crippen molar-refractivity contribution < 1.29 is 14.3 Å². The molecule has 1 aromatic carbocycles. The lowest BCUT2D eigenvalue weighted by Gasteiger charge is -2.36. The van der Waals surface area contributed by atoms with E-state index in [9.17, 15) is 4.79 Å². The van der Waals surface area contributed by atoms with E-state index in [0.717, 1.165) is 51.0 Å². The molecular weight excluding hydrogens is 406 g/mol. The number of unbranched alkanes of at least 4 members (excludes halogenated alkanes) is 4. The molecule has 0 aliphatic rings. The molecule has 1 rings (SSSR count). The Morgan fingerprint density at radius 2 is 1.52 bits per heavy atom. The molecule has 0 spiro atoms. The van der Waals surface area contributed by atoms with Gasteiger partial charge in [0.05, 0.1) is 24.2 Å². The molecular formula is C26H43NO3S. The minimum Gasteiger partial charge on any atom is -0.379 e. The van der Waals surface area contributed by atoms with E-state index >= 15 is 0 Å². The highest BCUT2D eigenvalue weighted by Crippen LogP contribution is 2.26. The number of ether oxygens (including phenoxy) is 2. The van der Waals surface area contributed by atoms with Gasteiger partial charge in [-0.1, -0.05) is 57.5 Å². The van der Waals surface area contributed by atoms with Crippen molar-refractivity contribution in [3.63, 3.8) is 0 Å². The summed E-state index contributed by atoms with van der Waals surface area (Å²) in [6, 6.07) is 8.39. The molecule has 5 heteroatoms. The zero-order valence-electron chi connectivity index (χ0n) is 20.2. The quantitative estimate of drug-likeness (QED) is 0.177. The maximum atomic E-state index is 12.5. The van der Waals surface area contributed by atoms with Crippen molar-refractivity contribution in [3.8, 4) is 0 Å². The Morgan fingerprint density at radius 3 is 2.06 bits per heavy atom. The van der Waals surface area contributed by atoms with Crippen molar-refractivity contribution in [1.29, 1.82) is 0 Å². The molecule has 0 bridgehead atoms. The molecule has 0 fully saturated rings. The highest BCUT2D eigenvalue weighted by Gasteiger charge is 2.32. The Hall–Kier alpha value is -1.30. The summed E-state index contributed by atoms with van der Waals surface area (Å²) < 4.78 is 11.3. The first kappa shape index (κ1) is 27.7. The standard InChI is InChI=1S/C26H43NO3S/c1-5-7-8-10-18-29-20-21-30-19-11-9-13-23-14-16-24(17-15-23)27(22-31)26(3,4)25(28)12-6-2/h14-17,22H,5-13,18-21H2,1-4H3. The van der Waals surface area contributed by atoms with Gasteiger partial charge in [0, 0.05) is 25.3 Å². The average molecular weight is 450 g/mol. The van der Waals surface area contributed by atoms with Gasteiger partial charge in [-0.15, -0.1) is 0 Å². The SMILES string of the molecule is CCCCCCOCCOCCCCc1ccc(N(C=S)C(C)(C)C(=O)CCC)cc1. The minimum atomic E-state index is -0.629. The molecule has 31 heavy (non-hydrogen) atoms. The largest absolute Gasteiger partial charge is 0.379 e. The van der Waals surface area contributed by atoms with Crippen molar-refractivity contribution in [2.24, 2.45) is 0 Å². The van der Waals surface area contributed by atoms with Gasteiger partial charge in [-0.3, -0.25) is 4.79 Å². The van der Waals surface area contributed by atoms with E-state index in [0.29, 0.717) is 19.6 Å². The summed E-state index contributed by atoms with van der Waals surface area (Å²) in [4.78, 5) is 14.4. The summed E-state index contributed by atoms with van der Waals surface area (Å²) in [6.45, 7) is 11.1. The number of rotatable bonds is 19. The molecule has 0 aromatic heterocycles. The molecule has 4 nitrogen and oxygen atoms in total. The van der Waals surface area contributed by atoms with Crippen LogP contribution in [-0.4, -0.2) is 43.2 Å². The first-order chi connectivity index (χ1) is 15.0. The molecule has 0 N–H and O–H groups in total. The van der Waals surface area contributed by atoms with Crippen LogP contribution in [0.4, 0.5) is 5.69 Å². The third-order valence-electron chi connectivity index (χ3n) is 5.60. The van der Waals surface area contributed by atoms with E-state index in [2.05, 4.69) is 31.2 Å². The molecule has 0 saturated carbocycles. The van der Waals surface area contributed by atoms with Crippen LogP contribution in [0.5, 0.6) is 0 Å². The van der Waals surface area contributed by atoms with Gasteiger partial charge in [-0.25, -0.2) is 0 Å². The van der Waals surface area contributed by atoms with Gasteiger partial charge in [0.1, 0.15) is 0 Å². The van der Waals surface area contributed by atoms with Gasteiger partial charge < -0.3 is 14.4 Å². The summed E-state index contributed by atoms with van der Waals surface area (Å²) in [6.07, 6.45) is 9.55. The van der Waals surface area contributed by atoms with Crippen LogP contribution in [0.2, 0.25) is 0 Å². The van der Waals surface area contributed by atoms with Crippen LogP contribution in [0.1, 0.15) is 84.6 Å². The predicted molar refractivity (Wildman–Crippen MR) is 135 cm³/mol. The number of hydrogen-bond acceptors (Lipinski definition) is 4. The molecule has 0 unspecified atom stereocenters. The second kappa shape index (κ2) is 16.3. The molecule has 0 radical (unpaired) electrons. The molecule has 0 atom stereocenters. The van der Waals surface area contributed by atoms with E-state index < -0.39 is 5.54 Å². The molecule has 0 aliphatic carbocycles. The zero-order valence-corrected chi connectivity index (χ0v) is 21.0. The average Bonchev–Trinajstić information content (AvgIpc) is 2.76. The fraction of sp³-hybridized carbons (Fsp3) is 0.692. The number of Topliss-reactive ketones (excluding diaryl/α,β-unsaturated/α-hetero) is 1. The van der Waals surface area contributed by atoms with Gasteiger partial charge in [0.2, 0.25) is 0 Å². The Kier molecular flexibility index (Phi) is 14.6. The maximum absolute atomic E-state index is 12.5. The second-order valence-corrected chi connectivity index (χ2v) is 8.83. The zero-order chi connectivity index (χ0) is 23.0. The number of aryl methyl sites for hydroxylation is 1. The van der Waals surface area contributed by atoms with Crippen LogP contribution >= 0.6 is 12.2 Å². The smallest absolute Gasteiger partial charge is 0.158 e. The highest BCUT2D eigenvalue weighted by molar-refractivity contribution is 7.79. The lowest BCUT2D eigenvalue weighted by Crippen LogP contribution is -2.49. The number of benzene rings is 1. The van der Waals surface area contributed by atoms with Crippen LogP contribution in [0.15, 0.2) is 24.3 Å². The van der Waals surface area contributed by atoms with Gasteiger partial charge >= 0.3 is 0 Å². The summed E-state index contributed by atoms with van der Waals surface area (Å²) in [5, 5.41) is 0. The number of thiocarbonyl (C=S) groups is 1. The topological polar surface area (TPSA) is 38.8 Å². The number of ketones is 1. The number of hydrogen-bond donors (Lipinski definition) is 0. The predicted octanol–water partition coefficient (Wildman–Crippen LogP) is 6.53. The summed E-state index contributed by atoms with van der Waals surface area (Å²) in [5.41, 5.74) is 3.22. The van der Waals surface area contributed by atoms with Crippen molar-refractivity contribution in [3.05, 3.63) is 29.8 Å². The number of anilines is 1. The molecule has 0 saturated heterocycles. The summed E-state index contributed by atoms with van der Waals surface area (Å²) in [5.74, 6) is 0.210. The molecule has 0 aliphatic heterocycles. The number of nitrogens with zero attached hydrogens (tertiary/aromatic N) is 1. The molecule has 0 amide bonds. The second-order valence-electron chi connectivity index (χ2n) is 8.62. The van der Waals surface area contributed by atoms with E-state index in [1.807, 2.05) is 25.7 Å². The van der Waals surface area contributed by atoms with E-state index in [-0.39, 0.29) is 5.78 Å². The third-order valence-corrected chi connectivity index (χ3v) is 5.81. The van der Waals surface area contributed by atoms with Crippen LogP contribution in [0.25, 0.3) is 0 Å². The third kappa shape index (κ3) is 10.7. The first-order valence-electron chi connectivity index (χ1n) is 12.0. The number of carbonyl (C=O) groups is 1. The van der Waals surface area contributed by atoms with Crippen molar-refractivity contribution in [2.75, 3.05) is 31.3 Å². The number of carbonyl (C=O) groups excluding carboxylic acids is 1. The lowest BCUT2D eigenvalue weighted by molar-refractivity contribution is -0.122. The monoisotopic (exact) mass is 449 g/mol. The normalized spacial score (nSPS) is 11.5. The van der Waals surface area contributed by atoms with Crippen molar-refractivity contribution in [2.45, 2.75) is 91.0 Å². The van der Waals surface area contributed by atoms with Gasteiger partial charge in [0.25, 0.3) is 0 Å². The van der Waals surface area contributed by atoms with Crippen LogP contribution in [-0.2, 0) is 20.7 Å². The summed E-state index contributed by atoms with van der Waals surface area (Å²) in [7, 11) is 0. The summed E-state index contributed by atoms with van der Waals surface area (Å²) >= 11 is 5.23. The maximum Gasteiger partial charge on any atom is 0.158 e. The van der Waals surface area contributed by atoms with E-state index in [1.54, 1.807) is 5.49 Å².